The van der Waals surface area contributed by atoms with Crippen LogP contribution in [0.2, 0.25) is 0 Å². The number of nitrogens with one attached hydrogen (secondary N) is 1. The fourth-order valence-electron chi connectivity index (χ4n) is 6.12. The number of esters is 1. The Balaban J connectivity index is 1.24. The second-order valence-electron chi connectivity index (χ2n) is 11.4. The summed E-state index contributed by atoms with van der Waals surface area (Å²) in [5, 5.41) is 22.2. The number of para-hydroxylation sites is 1. The highest BCUT2D eigenvalue weighted by Gasteiger charge is 2.42. The first-order valence-corrected chi connectivity index (χ1v) is 14.6. The number of rotatable bonds is 4. The molecule has 2 aliphatic rings. The fourth-order valence-corrected chi connectivity index (χ4v) is 6.12. The van der Waals surface area contributed by atoms with E-state index in [2.05, 4.69) is 22.0 Å². The third-order valence-corrected chi connectivity index (χ3v) is 8.72. The van der Waals surface area contributed by atoms with E-state index in [4.69, 9.17) is 4.74 Å². The Hall–Kier alpha value is -3.20. The molecule has 1 aromatic heterocycles. The Bertz CT molecular complexity index is 1270. The topological polar surface area (TPSA) is 106 Å². The number of fused-ring (bicyclic) bond motifs is 1. The van der Waals surface area contributed by atoms with Crippen LogP contribution in [0.4, 0.5) is 0 Å². The Kier molecular flexibility index (Phi) is 9.19. The van der Waals surface area contributed by atoms with E-state index in [1.165, 1.54) is 5.56 Å². The number of carbonyl (C=O) groups excluding carboxylic acids is 2. The van der Waals surface area contributed by atoms with E-state index in [0.29, 0.717) is 32.4 Å². The van der Waals surface area contributed by atoms with Gasteiger partial charge >= 0.3 is 5.97 Å². The third kappa shape index (κ3) is 6.74. The molecule has 8 nitrogen and oxygen atoms in total. The van der Waals surface area contributed by atoms with Gasteiger partial charge in [0.05, 0.1) is 17.9 Å². The van der Waals surface area contributed by atoms with Crippen LogP contribution in [0.1, 0.15) is 49.7 Å². The largest absolute Gasteiger partial charge is 0.462 e. The van der Waals surface area contributed by atoms with E-state index < -0.39 is 17.6 Å². The van der Waals surface area contributed by atoms with Crippen LogP contribution in [0.15, 0.2) is 60.8 Å². The van der Waals surface area contributed by atoms with Crippen molar-refractivity contribution in [1.29, 1.82) is 0 Å². The average molecular weight is 548 g/mol. The number of cyclic esters (lactones) is 1. The zero-order valence-corrected chi connectivity index (χ0v) is 23.1. The molecule has 1 spiro atoms. The number of aromatic amines is 1. The summed E-state index contributed by atoms with van der Waals surface area (Å²) < 4.78 is 5.62. The van der Waals surface area contributed by atoms with Gasteiger partial charge in [0.1, 0.15) is 12.7 Å². The van der Waals surface area contributed by atoms with E-state index in [-0.39, 0.29) is 31.3 Å². The molecule has 0 bridgehead atoms. The maximum absolute atomic E-state index is 13.4. The van der Waals surface area contributed by atoms with Gasteiger partial charge in [0, 0.05) is 36.7 Å². The molecular formula is C32H41N3O5. The van der Waals surface area contributed by atoms with Crippen molar-refractivity contribution in [3.8, 4) is 0 Å². The molecule has 2 fully saturated rings. The maximum atomic E-state index is 13.4. The molecule has 2 aliphatic heterocycles. The lowest BCUT2D eigenvalue weighted by Crippen LogP contribution is -2.45. The van der Waals surface area contributed by atoms with Gasteiger partial charge < -0.3 is 24.8 Å². The lowest BCUT2D eigenvalue weighted by molar-refractivity contribution is -0.165. The predicted octanol–water partition coefficient (Wildman–Crippen LogP) is 3.66. The van der Waals surface area contributed by atoms with Crippen LogP contribution in [-0.4, -0.2) is 81.9 Å². The molecule has 214 valence electrons. The predicted molar refractivity (Wildman–Crippen MR) is 153 cm³/mol. The minimum Gasteiger partial charge on any atom is -0.462 e. The number of benzene rings is 2. The van der Waals surface area contributed by atoms with Crippen molar-refractivity contribution >= 4 is 22.8 Å². The number of hydrogen-bond donors (Lipinski definition) is 3. The number of nitrogens with zero attached hydrogens (tertiary/aromatic N) is 2. The Morgan fingerprint density at radius 2 is 1.68 bits per heavy atom. The summed E-state index contributed by atoms with van der Waals surface area (Å²) >= 11 is 0. The van der Waals surface area contributed by atoms with Crippen molar-refractivity contribution in [3.05, 3.63) is 71.9 Å². The average Bonchev–Trinajstić information content (AvgIpc) is 3.38. The van der Waals surface area contributed by atoms with Gasteiger partial charge in [0.15, 0.2) is 0 Å². The fraction of sp³-hybridized carbons (Fsp3) is 0.500. The van der Waals surface area contributed by atoms with E-state index in [9.17, 15) is 19.8 Å². The SMILES string of the molecule is O=C(Cc1c[nH]c2ccccc12)N1CCCCC2(CCN(Cc3ccccc3)CC2)C(=O)OC[C@@H](O)[C@@H](O)CC1. The van der Waals surface area contributed by atoms with Crippen molar-refractivity contribution < 1.29 is 24.5 Å². The first-order chi connectivity index (χ1) is 19.4. The Morgan fingerprint density at radius 1 is 0.925 bits per heavy atom. The van der Waals surface area contributed by atoms with E-state index in [1.807, 2.05) is 48.7 Å². The molecule has 2 saturated heterocycles. The van der Waals surface area contributed by atoms with Crippen LogP contribution in [-0.2, 0) is 27.3 Å². The van der Waals surface area contributed by atoms with Gasteiger partial charge in [-0.25, -0.2) is 0 Å². The van der Waals surface area contributed by atoms with Crippen molar-refractivity contribution in [2.24, 2.45) is 5.41 Å². The number of H-pyrrole nitrogens is 1. The number of likely N-dealkylation sites (tertiary alicyclic amines) is 1. The molecule has 3 aromatic rings. The van der Waals surface area contributed by atoms with Gasteiger partial charge in [-0.3, -0.25) is 14.5 Å². The molecule has 0 unspecified atom stereocenters. The quantitative estimate of drug-likeness (QED) is 0.431. The highest BCUT2D eigenvalue weighted by molar-refractivity contribution is 5.88. The normalized spacial score (nSPS) is 23.2. The summed E-state index contributed by atoms with van der Waals surface area (Å²) in [6, 6.07) is 18.3. The molecule has 3 N–H and O–H groups in total. The van der Waals surface area contributed by atoms with Gasteiger partial charge in [0.2, 0.25) is 5.91 Å². The van der Waals surface area contributed by atoms with Crippen LogP contribution in [0.3, 0.4) is 0 Å². The van der Waals surface area contributed by atoms with Crippen LogP contribution in [0, 0.1) is 5.41 Å². The van der Waals surface area contributed by atoms with Crippen LogP contribution < -0.4 is 0 Å². The Morgan fingerprint density at radius 3 is 2.48 bits per heavy atom. The monoisotopic (exact) mass is 547 g/mol. The summed E-state index contributed by atoms with van der Waals surface area (Å²) in [5.74, 6) is -0.276. The molecule has 2 aromatic carbocycles. The van der Waals surface area contributed by atoms with Crippen molar-refractivity contribution in [3.63, 3.8) is 0 Å². The number of hydrogen-bond acceptors (Lipinski definition) is 6. The second kappa shape index (κ2) is 13.0. The number of aliphatic hydroxyl groups is 2. The smallest absolute Gasteiger partial charge is 0.312 e. The highest BCUT2D eigenvalue weighted by atomic mass is 16.5. The van der Waals surface area contributed by atoms with Gasteiger partial charge in [-0.15, -0.1) is 0 Å². The summed E-state index contributed by atoms with van der Waals surface area (Å²) in [6.07, 6.45) is 3.75. The minimum atomic E-state index is -1.19. The molecule has 2 atom stereocenters. The van der Waals surface area contributed by atoms with Crippen molar-refractivity contribution in [2.75, 3.05) is 32.8 Å². The number of amides is 1. The molecule has 0 radical (unpaired) electrons. The summed E-state index contributed by atoms with van der Waals surface area (Å²) in [6.45, 7) is 3.10. The van der Waals surface area contributed by atoms with Crippen LogP contribution in [0.5, 0.6) is 0 Å². The molecule has 0 saturated carbocycles. The standard InChI is InChI=1S/C32H41N3O5/c36-28-12-17-35(30(38)20-25-21-33-27-11-5-4-10-26(25)27)16-7-6-13-32(31(39)40-23-29(28)37)14-18-34(19-15-32)22-24-8-2-1-3-9-24/h1-5,8-11,21,28-29,33,36-37H,6-7,12-20,22-23H2/t28-,29+/m0/s1. The van der Waals surface area contributed by atoms with E-state index >= 15 is 0 Å². The lowest BCUT2D eigenvalue weighted by Gasteiger charge is -2.40. The highest BCUT2D eigenvalue weighted by Crippen LogP contribution is 2.39. The zero-order valence-electron chi connectivity index (χ0n) is 23.1. The van der Waals surface area contributed by atoms with Crippen molar-refractivity contribution in [2.45, 2.75) is 63.7 Å². The number of ether oxygens (including phenoxy) is 1. The number of piperidine rings is 1. The maximum Gasteiger partial charge on any atom is 0.312 e. The van der Waals surface area contributed by atoms with E-state index in [0.717, 1.165) is 48.9 Å². The summed E-state index contributed by atoms with van der Waals surface area (Å²) in [7, 11) is 0. The van der Waals surface area contributed by atoms with Gasteiger partial charge in [-0.1, -0.05) is 55.0 Å². The summed E-state index contributed by atoms with van der Waals surface area (Å²) in [4.78, 5) is 34.2. The number of carbonyl (C=O) groups is 2. The molecule has 5 rings (SSSR count). The van der Waals surface area contributed by atoms with Gasteiger partial charge in [-0.05, 0) is 62.4 Å². The molecular weight excluding hydrogens is 506 g/mol. The molecule has 8 heteroatoms. The third-order valence-electron chi connectivity index (χ3n) is 8.72. The van der Waals surface area contributed by atoms with Crippen molar-refractivity contribution in [1.82, 2.24) is 14.8 Å². The second-order valence-corrected chi connectivity index (χ2v) is 11.4. The van der Waals surface area contributed by atoms with E-state index in [1.54, 1.807) is 4.90 Å². The van der Waals surface area contributed by atoms with Crippen LogP contribution in [0.25, 0.3) is 10.9 Å². The molecule has 1 amide bonds. The lowest BCUT2D eigenvalue weighted by atomic mass is 9.74. The van der Waals surface area contributed by atoms with Gasteiger partial charge in [0.25, 0.3) is 0 Å². The Labute approximate surface area is 235 Å². The number of aromatic nitrogens is 1. The minimum absolute atomic E-state index is 0.00225. The summed E-state index contributed by atoms with van der Waals surface area (Å²) in [5.41, 5.74) is 2.60. The van der Waals surface area contributed by atoms with Gasteiger partial charge in [-0.2, -0.15) is 0 Å². The molecule has 3 heterocycles. The molecule has 0 aliphatic carbocycles. The number of aliphatic hydroxyl groups excluding tert-OH is 2. The molecule has 40 heavy (non-hydrogen) atoms. The first-order valence-electron chi connectivity index (χ1n) is 14.6. The van der Waals surface area contributed by atoms with Crippen LogP contribution >= 0.6 is 0 Å². The first kappa shape index (κ1) is 28.3. The zero-order chi connectivity index (χ0) is 28.0.